The molecule has 2 N–H and O–H groups in total. The van der Waals surface area contributed by atoms with E-state index in [0.717, 1.165) is 0 Å². The second kappa shape index (κ2) is 7.83. The van der Waals surface area contributed by atoms with E-state index in [2.05, 4.69) is 5.32 Å². The molecule has 0 saturated carbocycles. The summed E-state index contributed by atoms with van der Waals surface area (Å²) in [6, 6.07) is 4.24. The van der Waals surface area contributed by atoms with Crippen molar-refractivity contribution >= 4 is 27.8 Å². The molecule has 1 aromatic rings. The van der Waals surface area contributed by atoms with Gasteiger partial charge in [-0.2, -0.15) is 4.31 Å². The van der Waals surface area contributed by atoms with Crippen molar-refractivity contribution in [2.45, 2.75) is 24.8 Å². The predicted octanol–water partition coefficient (Wildman–Crippen LogP) is -0.258. The summed E-state index contributed by atoms with van der Waals surface area (Å²) in [7, 11) is -3.72. The summed E-state index contributed by atoms with van der Waals surface area (Å²) in [5.74, 6) is -1.85. The van der Waals surface area contributed by atoms with E-state index in [1.54, 1.807) is 4.90 Å². The maximum Gasteiger partial charge on any atom is 0.325 e. The van der Waals surface area contributed by atoms with Gasteiger partial charge in [0.1, 0.15) is 6.04 Å². The van der Waals surface area contributed by atoms with E-state index >= 15 is 0 Å². The molecular formula is C16H21N3O6S. The number of amides is 2. The van der Waals surface area contributed by atoms with Crippen LogP contribution < -0.4 is 5.32 Å². The highest BCUT2D eigenvalue weighted by Gasteiger charge is 2.29. The minimum absolute atomic E-state index is 0.0385. The minimum Gasteiger partial charge on any atom is -0.480 e. The first-order chi connectivity index (χ1) is 12.1. The van der Waals surface area contributed by atoms with E-state index in [1.165, 1.54) is 42.4 Å². The molecule has 0 aromatic heterocycles. The van der Waals surface area contributed by atoms with Gasteiger partial charge in [0, 0.05) is 38.7 Å². The first-order valence-corrected chi connectivity index (χ1v) is 9.46. The third-order valence-electron chi connectivity index (χ3n) is 4.16. The maximum atomic E-state index is 12.7. The Labute approximate surface area is 151 Å². The Balaban J connectivity index is 2.08. The summed E-state index contributed by atoms with van der Waals surface area (Å²) in [6.45, 7) is 3.86. The molecule has 0 aliphatic carbocycles. The van der Waals surface area contributed by atoms with Gasteiger partial charge in [-0.05, 0) is 31.2 Å². The molecule has 1 heterocycles. The normalized spacial score (nSPS) is 16.8. The summed E-state index contributed by atoms with van der Waals surface area (Å²) in [5.41, 5.74) is 0.165. The fourth-order valence-electron chi connectivity index (χ4n) is 2.51. The van der Waals surface area contributed by atoms with Gasteiger partial charge in [0.15, 0.2) is 0 Å². The summed E-state index contributed by atoms with van der Waals surface area (Å²) < 4.78 is 26.6. The SMILES string of the molecule is CC(=O)N1CCN(S(=O)(=O)c2ccc(C(=O)NC(C)C(=O)O)cc2)CC1. The lowest BCUT2D eigenvalue weighted by Crippen LogP contribution is -2.49. The fourth-order valence-corrected chi connectivity index (χ4v) is 3.93. The van der Waals surface area contributed by atoms with Crippen molar-refractivity contribution in [2.75, 3.05) is 26.2 Å². The molecule has 1 aromatic carbocycles. The molecule has 1 fully saturated rings. The molecule has 2 amide bonds. The molecule has 1 aliphatic rings. The molecule has 1 atom stereocenters. The molecule has 1 saturated heterocycles. The van der Waals surface area contributed by atoms with Gasteiger partial charge >= 0.3 is 5.97 Å². The zero-order valence-electron chi connectivity index (χ0n) is 14.5. The lowest BCUT2D eigenvalue weighted by Gasteiger charge is -2.33. The number of rotatable bonds is 5. The molecule has 0 spiro atoms. The average Bonchev–Trinajstić information content (AvgIpc) is 2.61. The Morgan fingerprint density at radius 1 is 1.08 bits per heavy atom. The zero-order chi connectivity index (χ0) is 19.5. The third-order valence-corrected chi connectivity index (χ3v) is 6.07. The van der Waals surface area contributed by atoms with E-state index in [9.17, 15) is 22.8 Å². The van der Waals surface area contributed by atoms with Crippen LogP contribution in [0.4, 0.5) is 0 Å². The lowest BCUT2D eigenvalue weighted by atomic mass is 10.2. The largest absolute Gasteiger partial charge is 0.480 e. The van der Waals surface area contributed by atoms with Gasteiger partial charge in [-0.1, -0.05) is 0 Å². The van der Waals surface area contributed by atoms with Gasteiger partial charge in [0.05, 0.1) is 4.90 Å². The van der Waals surface area contributed by atoms with Gasteiger partial charge < -0.3 is 15.3 Å². The Hall–Kier alpha value is -2.46. The van der Waals surface area contributed by atoms with Crippen molar-refractivity contribution in [3.63, 3.8) is 0 Å². The van der Waals surface area contributed by atoms with Crippen LogP contribution in [0.2, 0.25) is 0 Å². The highest BCUT2D eigenvalue weighted by molar-refractivity contribution is 7.89. The molecule has 10 heteroatoms. The molecule has 9 nitrogen and oxygen atoms in total. The Morgan fingerprint density at radius 3 is 2.08 bits per heavy atom. The second-order valence-electron chi connectivity index (χ2n) is 5.97. The van der Waals surface area contributed by atoms with Gasteiger partial charge in [0.2, 0.25) is 15.9 Å². The number of benzene rings is 1. The lowest BCUT2D eigenvalue weighted by molar-refractivity contribution is -0.138. The Bertz CT molecular complexity index is 798. The number of carbonyl (C=O) groups is 3. The van der Waals surface area contributed by atoms with Crippen LogP contribution in [0.3, 0.4) is 0 Å². The maximum absolute atomic E-state index is 12.7. The van der Waals surface area contributed by atoms with Crippen molar-refractivity contribution in [2.24, 2.45) is 0 Å². The number of carboxylic acids is 1. The van der Waals surface area contributed by atoms with Crippen LogP contribution in [-0.2, 0) is 19.6 Å². The number of carbonyl (C=O) groups excluding carboxylic acids is 2. The van der Waals surface area contributed by atoms with E-state index in [0.29, 0.717) is 13.1 Å². The number of nitrogens with one attached hydrogen (secondary N) is 1. The number of nitrogens with zero attached hydrogens (tertiary/aromatic N) is 2. The molecule has 0 radical (unpaired) electrons. The Kier molecular flexibility index (Phi) is 5.98. The van der Waals surface area contributed by atoms with Gasteiger partial charge in [-0.15, -0.1) is 0 Å². The van der Waals surface area contributed by atoms with E-state index in [-0.39, 0.29) is 29.5 Å². The number of carboxylic acid groups (broad SMARTS) is 1. The first-order valence-electron chi connectivity index (χ1n) is 8.02. The van der Waals surface area contributed by atoms with Crippen molar-refractivity contribution < 1.29 is 27.9 Å². The van der Waals surface area contributed by atoms with Gasteiger partial charge in [-0.3, -0.25) is 14.4 Å². The second-order valence-corrected chi connectivity index (χ2v) is 7.91. The number of hydrogen-bond donors (Lipinski definition) is 2. The van der Waals surface area contributed by atoms with Crippen LogP contribution in [-0.4, -0.2) is 72.7 Å². The van der Waals surface area contributed by atoms with Crippen molar-refractivity contribution in [1.29, 1.82) is 0 Å². The van der Waals surface area contributed by atoms with Crippen LogP contribution >= 0.6 is 0 Å². The predicted molar refractivity (Wildman–Crippen MR) is 92.0 cm³/mol. The smallest absolute Gasteiger partial charge is 0.325 e. The summed E-state index contributed by atoms with van der Waals surface area (Å²) in [6.07, 6.45) is 0. The molecule has 1 unspecified atom stereocenters. The summed E-state index contributed by atoms with van der Waals surface area (Å²) in [4.78, 5) is 35.7. The van der Waals surface area contributed by atoms with Crippen LogP contribution in [0.25, 0.3) is 0 Å². The summed E-state index contributed by atoms with van der Waals surface area (Å²) in [5, 5.41) is 11.1. The molecule has 1 aliphatic heterocycles. The number of hydrogen-bond acceptors (Lipinski definition) is 5. The van der Waals surface area contributed by atoms with Crippen molar-refractivity contribution in [3.8, 4) is 0 Å². The van der Waals surface area contributed by atoms with Crippen molar-refractivity contribution in [3.05, 3.63) is 29.8 Å². The molecule has 2 rings (SSSR count). The fraction of sp³-hybridized carbons (Fsp3) is 0.438. The molecule has 0 bridgehead atoms. The first kappa shape index (κ1) is 19.9. The van der Waals surface area contributed by atoms with Crippen LogP contribution in [0, 0.1) is 0 Å². The van der Waals surface area contributed by atoms with Gasteiger partial charge in [0.25, 0.3) is 5.91 Å². The zero-order valence-corrected chi connectivity index (χ0v) is 15.3. The van der Waals surface area contributed by atoms with E-state index < -0.39 is 27.9 Å². The monoisotopic (exact) mass is 383 g/mol. The molecular weight excluding hydrogens is 362 g/mol. The standard InChI is InChI=1S/C16H21N3O6S/c1-11(16(22)23)17-15(21)13-3-5-14(6-4-13)26(24,25)19-9-7-18(8-10-19)12(2)20/h3-6,11H,7-10H2,1-2H3,(H,17,21)(H,22,23). The summed E-state index contributed by atoms with van der Waals surface area (Å²) >= 11 is 0. The molecule has 26 heavy (non-hydrogen) atoms. The minimum atomic E-state index is -3.72. The van der Waals surface area contributed by atoms with E-state index in [1.807, 2.05) is 0 Å². The number of aliphatic carboxylic acids is 1. The van der Waals surface area contributed by atoms with Crippen LogP contribution in [0.15, 0.2) is 29.2 Å². The van der Waals surface area contributed by atoms with E-state index in [4.69, 9.17) is 5.11 Å². The number of sulfonamides is 1. The highest BCUT2D eigenvalue weighted by atomic mass is 32.2. The average molecular weight is 383 g/mol. The van der Waals surface area contributed by atoms with Crippen molar-refractivity contribution in [1.82, 2.24) is 14.5 Å². The molecule has 142 valence electrons. The Morgan fingerprint density at radius 2 is 1.62 bits per heavy atom. The van der Waals surface area contributed by atoms with Crippen LogP contribution in [0.5, 0.6) is 0 Å². The number of piperazine rings is 1. The van der Waals surface area contributed by atoms with Gasteiger partial charge in [-0.25, -0.2) is 8.42 Å². The third kappa shape index (κ3) is 4.38. The van der Waals surface area contributed by atoms with Crippen LogP contribution in [0.1, 0.15) is 24.2 Å². The quantitative estimate of drug-likeness (QED) is 0.722. The topological polar surface area (TPSA) is 124 Å². The highest BCUT2D eigenvalue weighted by Crippen LogP contribution is 2.18.